The first-order chi connectivity index (χ1) is 15.0. The number of nitrogens with one attached hydrogen (secondary N) is 2. The molecule has 2 N–H and O–H groups in total. The number of anilines is 1. The first kappa shape index (κ1) is 22.6. The molecule has 0 atom stereocenters. The Balaban J connectivity index is 1.63. The van der Waals surface area contributed by atoms with Gasteiger partial charge >= 0.3 is 0 Å². The van der Waals surface area contributed by atoms with Crippen LogP contribution in [0, 0.1) is 5.82 Å². The van der Waals surface area contributed by atoms with E-state index in [-0.39, 0.29) is 24.4 Å². The average molecular weight is 427 g/mol. The molecule has 1 heterocycles. The largest absolute Gasteiger partial charge is 0.491 e. The van der Waals surface area contributed by atoms with Crippen molar-refractivity contribution in [3.05, 3.63) is 59.9 Å². The Labute approximate surface area is 183 Å². The van der Waals surface area contributed by atoms with Crippen molar-refractivity contribution in [2.75, 3.05) is 31.5 Å². The smallest absolute Gasteiger partial charge is 0.244 e. The van der Waals surface area contributed by atoms with E-state index in [1.54, 1.807) is 12.1 Å². The van der Waals surface area contributed by atoms with Gasteiger partial charge in [-0.3, -0.25) is 4.79 Å². The maximum Gasteiger partial charge on any atom is 0.244 e. The highest BCUT2D eigenvalue weighted by atomic mass is 19.1. The second-order valence-corrected chi connectivity index (χ2v) is 7.84. The van der Waals surface area contributed by atoms with Crippen LogP contribution in [0.2, 0.25) is 0 Å². The van der Waals surface area contributed by atoms with Crippen molar-refractivity contribution in [3.63, 3.8) is 0 Å². The number of ether oxygens (including phenoxy) is 1. The van der Waals surface area contributed by atoms with Crippen molar-refractivity contribution >= 4 is 17.6 Å². The fraction of sp³-hybridized carbons (Fsp3) is 0.417. The number of aliphatic imine (C=N–C) groups is 1. The minimum absolute atomic E-state index is 0.0217. The Hall–Kier alpha value is -3.09. The molecule has 1 aliphatic heterocycles. The van der Waals surface area contributed by atoms with E-state index >= 15 is 0 Å². The van der Waals surface area contributed by atoms with E-state index in [1.165, 1.54) is 6.07 Å². The third-order valence-corrected chi connectivity index (χ3v) is 4.96. The molecule has 1 fully saturated rings. The zero-order valence-corrected chi connectivity index (χ0v) is 18.2. The molecule has 166 valence electrons. The number of guanidine groups is 1. The maximum atomic E-state index is 13.9. The summed E-state index contributed by atoms with van der Waals surface area (Å²) in [6.45, 7) is 6.12. The lowest BCUT2D eigenvalue weighted by atomic mass is 10.1. The molecule has 2 aromatic carbocycles. The van der Waals surface area contributed by atoms with Gasteiger partial charge < -0.3 is 20.3 Å². The van der Waals surface area contributed by atoms with Gasteiger partial charge in [-0.25, -0.2) is 9.38 Å². The number of likely N-dealkylation sites (tertiary alicyclic amines) is 1. The maximum absolute atomic E-state index is 13.9. The number of halogens is 1. The summed E-state index contributed by atoms with van der Waals surface area (Å²) in [5.41, 5.74) is 1.46. The first-order valence-corrected chi connectivity index (χ1v) is 10.8. The molecule has 0 saturated carbocycles. The lowest BCUT2D eigenvalue weighted by Gasteiger charge is -2.16. The number of carbonyl (C=O) groups excluding carboxylic acids is 1. The van der Waals surface area contributed by atoms with E-state index < -0.39 is 0 Å². The molecule has 0 aliphatic carbocycles. The molecule has 0 aromatic heterocycles. The van der Waals surface area contributed by atoms with Gasteiger partial charge in [-0.2, -0.15) is 0 Å². The highest BCUT2D eigenvalue weighted by molar-refractivity contribution is 5.95. The quantitative estimate of drug-likeness (QED) is 0.497. The van der Waals surface area contributed by atoms with Crippen LogP contribution in [0.25, 0.3) is 0 Å². The molecule has 2 aromatic rings. The van der Waals surface area contributed by atoms with Crippen LogP contribution < -0.4 is 15.4 Å². The monoisotopic (exact) mass is 426 g/mol. The average Bonchev–Trinajstić information content (AvgIpc) is 3.29. The number of hydrogen-bond donors (Lipinski definition) is 2. The lowest BCUT2D eigenvalue weighted by Crippen LogP contribution is -2.35. The van der Waals surface area contributed by atoms with Gasteiger partial charge in [-0.05, 0) is 69.0 Å². The van der Waals surface area contributed by atoms with E-state index in [0.29, 0.717) is 24.5 Å². The van der Waals surface area contributed by atoms with Gasteiger partial charge in [0.2, 0.25) is 5.91 Å². The summed E-state index contributed by atoms with van der Waals surface area (Å²) in [6, 6.07) is 14.3. The first-order valence-electron chi connectivity index (χ1n) is 10.8. The van der Waals surface area contributed by atoms with Crippen molar-refractivity contribution in [2.24, 2.45) is 4.99 Å². The standard InChI is InChI=1S/C24H31FN4O2/c1-18(2)31-21-11-9-20(10-12-21)28-24(27-17-23(30)29-15-5-6-16-29)26-14-13-19-7-3-4-8-22(19)25/h3-4,7-12,18H,5-6,13-17H2,1-2H3,(H2,26,27,28). The Kier molecular flexibility index (Phi) is 8.27. The van der Waals surface area contributed by atoms with Gasteiger partial charge in [0.05, 0.1) is 6.10 Å². The van der Waals surface area contributed by atoms with Crippen LogP contribution in [0.3, 0.4) is 0 Å². The molecule has 0 bridgehead atoms. The van der Waals surface area contributed by atoms with Crippen LogP contribution in [0.1, 0.15) is 32.3 Å². The van der Waals surface area contributed by atoms with Crippen molar-refractivity contribution < 1.29 is 13.9 Å². The molecule has 1 saturated heterocycles. The van der Waals surface area contributed by atoms with Crippen LogP contribution >= 0.6 is 0 Å². The Morgan fingerprint density at radius 2 is 1.84 bits per heavy atom. The highest BCUT2D eigenvalue weighted by Gasteiger charge is 2.17. The SMILES string of the molecule is CC(C)Oc1ccc(NC(=NCC(=O)N2CCCC2)NCCc2ccccc2F)cc1. The number of rotatable bonds is 8. The van der Waals surface area contributed by atoms with E-state index in [9.17, 15) is 9.18 Å². The molecule has 1 amide bonds. The third kappa shape index (κ3) is 7.27. The van der Waals surface area contributed by atoms with Gasteiger partial charge in [0.1, 0.15) is 18.1 Å². The summed E-state index contributed by atoms with van der Waals surface area (Å²) in [4.78, 5) is 18.7. The van der Waals surface area contributed by atoms with Gasteiger partial charge in [0.15, 0.2) is 5.96 Å². The Bertz CT molecular complexity index is 877. The van der Waals surface area contributed by atoms with Gasteiger partial charge in [-0.15, -0.1) is 0 Å². The Morgan fingerprint density at radius 3 is 2.52 bits per heavy atom. The topological polar surface area (TPSA) is 66.0 Å². The van der Waals surface area contributed by atoms with E-state index in [4.69, 9.17) is 4.74 Å². The van der Waals surface area contributed by atoms with E-state index in [0.717, 1.165) is 37.4 Å². The van der Waals surface area contributed by atoms with Crippen LogP contribution in [-0.4, -0.2) is 49.0 Å². The molecule has 0 unspecified atom stereocenters. The molecule has 0 spiro atoms. The summed E-state index contributed by atoms with van der Waals surface area (Å²) in [5.74, 6) is 1.08. The van der Waals surface area contributed by atoms with Gasteiger partial charge in [0.25, 0.3) is 0 Å². The molecule has 31 heavy (non-hydrogen) atoms. The minimum atomic E-state index is -0.222. The number of amides is 1. The zero-order valence-electron chi connectivity index (χ0n) is 18.2. The van der Waals surface area contributed by atoms with Crippen LogP contribution in [0.15, 0.2) is 53.5 Å². The molecule has 1 aliphatic rings. The number of carbonyl (C=O) groups is 1. The van der Waals surface area contributed by atoms with Crippen molar-refractivity contribution in [2.45, 2.75) is 39.2 Å². The number of benzene rings is 2. The van der Waals surface area contributed by atoms with Crippen molar-refractivity contribution in [1.82, 2.24) is 10.2 Å². The minimum Gasteiger partial charge on any atom is -0.491 e. The predicted octanol–water partition coefficient (Wildman–Crippen LogP) is 3.84. The van der Waals surface area contributed by atoms with Crippen molar-refractivity contribution in [3.8, 4) is 5.75 Å². The van der Waals surface area contributed by atoms with Crippen molar-refractivity contribution in [1.29, 1.82) is 0 Å². The van der Waals surface area contributed by atoms with E-state index in [1.807, 2.05) is 49.1 Å². The van der Waals surface area contributed by atoms with Crippen LogP contribution in [0.4, 0.5) is 10.1 Å². The summed E-state index contributed by atoms with van der Waals surface area (Å²) in [6.07, 6.45) is 2.71. The molecule has 0 radical (unpaired) electrons. The predicted molar refractivity (Wildman–Crippen MR) is 122 cm³/mol. The molecular weight excluding hydrogens is 395 g/mol. The van der Waals surface area contributed by atoms with Crippen LogP contribution in [0.5, 0.6) is 5.75 Å². The summed E-state index contributed by atoms with van der Waals surface area (Å²) in [5, 5.41) is 6.43. The fourth-order valence-corrected chi connectivity index (χ4v) is 3.40. The second-order valence-electron chi connectivity index (χ2n) is 7.84. The van der Waals surface area contributed by atoms with Crippen LogP contribution in [-0.2, 0) is 11.2 Å². The van der Waals surface area contributed by atoms with E-state index in [2.05, 4.69) is 15.6 Å². The molecule has 7 heteroatoms. The zero-order chi connectivity index (χ0) is 22.1. The molecule has 6 nitrogen and oxygen atoms in total. The summed E-state index contributed by atoms with van der Waals surface area (Å²) >= 11 is 0. The summed E-state index contributed by atoms with van der Waals surface area (Å²) < 4.78 is 19.6. The number of nitrogens with zero attached hydrogens (tertiary/aromatic N) is 2. The summed E-state index contributed by atoms with van der Waals surface area (Å²) in [7, 11) is 0. The molecule has 3 rings (SSSR count). The molecular formula is C24H31FN4O2. The van der Waals surface area contributed by atoms with Gasteiger partial charge in [-0.1, -0.05) is 18.2 Å². The fourth-order valence-electron chi connectivity index (χ4n) is 3.40. The number of hydrogen-bond acceptors (Lipinski definition) is 3. The lowest BCUT2D eigenvalue weighted by molar-refractivity contribution is -0.128. The normalized spacial score (nSPS) is 14.1. The Morgan fingerprint density at radius 1 is 1.13 bits per heavy atom. The van der Waals surface area contributed by atoms with Gasteiger partial charge in [0, 0.05) is 25.3 Å². The highest BCUT2D eigenvalue weighted by Crippen LogP contribution is 2.17. The second kappa shape index (κ2) is 11.3. The third-order valence-electron chi connectivity index (χ3n) is 4.96.